The Morgan fingerprint density at radius 2 is 1.87 bits per heavy atom. The van der Waals surface area contributed by atoms with Crippen LogP contribution < -0.4 is 25.7 Å². The van der Waals surface area contributed by atoms with E-state index in [1.807, 2.05) is 6.07 Å². The van der Waals surface area contributed by atoms with E-state index in [0.29, 0.717) is 28.4 Å². The van der Waals surface area contributed by atoms with Crippen molar-refractivity contribution in [2.45, 2.75) is 31.6 Å². The lowest BCUT2D eigenvalue weighted by Crippen LogP contribution is -2.36. The second kappa shape index (κ2) is 8.96. The Labute approximate surface area is 219 Å². The van der Waals surface area contributed by atoms with E-state index in [1.165, 1.54) is 4.68 Å². The normalized spacial score (nSPS) is 18.0. The maximum absolute atomic E-state index is 14.1. The zero-order chi connectivity index (χ0) is 27.5. The molecule has 202 valence electrons. The summed E-state index contributed by atoms with van der Waals surface area (Å²) in [6.45, 7) is 1.70. The van der Waals surface area contributed by atoms with Gasteiger partial charge in [0.15, 0.2) is 17.5 Å². The number of halogens is 3. The molecule has 13 heteroatoms. The van der Waals surface area contributed by atoms with Gasteiger partial charge in [0.2, 0.25) is 6.79 Å². The number of anilines is 2. The van der Waals surface area contributed by atoms with Crippen LogP contribution in [0.3, 0.4) is 0 Å². The number of nitrogens with one attached hydrogen (secondary N) is 2. The number of aromatic nitrogens is 4. The van der Waals surface area contributed by atoms with Gasteiger partial charge >= 0.3 is 6.18 Å². The Balaban J connectivity index is 1.35. The van der Waals surface area contributed by atoms with E-state index >= 15 is 0 Å². The first-order valence-corrected chi connectivity index (χ1v) is 12.1. The minimum absolute atomic E-state index is 0.0156. The van der Waals surface area contributed by atoms with Crippen LogP contribution in [0.1, 0.15) is 40.1 Å². The molecule has 2 aliphatic rings. The second-order valence-electron chi connectivity index (χ2n) is 9.34. The number of fused-ring (bicyclic) bond motifs is 2. The van der Waals surface area contributed by atoms with Crippen molar-refractivity contribution in [3.05, 3.63) is 81.9 Å². The van der Waals surface area contributed by atoms with Gasteiger partial charge in [-0.2, -0.15) is 18.3 Å². The molecule has 39 heavy (non-hydrogen) atoms. The van der Waals surface area contributed by atoms with Gasteiger partial charge in [0.05, 0.1) is 23.6 Å². The standard InChI is InChI=1S/C26H23F3N6O4/c1-14-22(25(37)35(33(14)2)16-6-4-3-5-7-16)32-24(36)17-12-30-34-21(26(27,28)29)11-18(31-23(17)34)15-8-9-19-20(10-15)39-13-38-19/h3-10,12,18,21,31H,11,13H2,1-2H3,(H,32,36)/t18-,21-/m0/s1. The summed E-state index contributed by atoms with van der Waals surface area (Å²) in [5.74, 6) is 0.0818. The summed E-state index contributed by atoms with van der Waals surface area (Å²) in [5.41, 5.74) is 1.02. The van der Waals surface area contributed by atoms with E-state index in [2.05, 4.69) is 15.7 Å². The minimum Gasteiger partial charge on any atom is -0.454 e. The van der Waals surface area contributed by atoms with Crippen molar-refractivity contribution < 1.29 is 27.4 Å². The number of nitrogens with zero attached hydrogens (tertiary/aromatic N) is 4. The average molecular weight is 541 g/mol. The predicted octanol–water partition coefficient (Wildman–Crippen LogP) is 4.32. The Morgan fingerprint density at radius 3 is 2.62 bits per heavy atom. The SMILES string of the molecule is Cc1c(NC(=O)c2cnn3c2N[C@H](c2ccc4c(c2)OCO4)C[C@H]3C(F)(F)F)c(=O)n(-c2ccccc2)n1C. The molecule has 4 aromatic rings. The van der Waals surface area contributed by atoms with Crippen molar-refractivity contribution in [3.8, 4) is 17.2 Å². The maximum Gasteiger partial charge on any atom is 0.410 e. The summed E-state index contributed by atoms with van der Waals surface area (Å²) in [6.07, 6.45) is -3.89. The fraction of sp³-hybridized carbons (Fsp3) is 0.269. The summed E-state index contributed by atoms with van der Waals surface area (Å²) in [4.78, 5) is 26.6. The van der Waals surface area contributed by atoms with Gasteiger partial charge in [-0.25, -0.2) is 9.36 Å². The van der Waals surface area contributed by atoms with Gasteiger partial charge in [-0.1, -0.05) is 24.3 Å². The molecule has 6 rings (SSSR count). The number of ether oxygens (including phenoxy) is 2. The third kappa shape index (κ3) is 4.10. The summed E-state index contributed by atoms with van der Waals surface area (Å²) in [5, 5.41) is 9.56. The summed E-state index contributed by atoms with van der Waals surface area (Å²) < 4.78 is 56.8. The van der Waals surface area contributed by atoms with Crippen molar-refractivity contribution >= 4 is 17.4 Å². The molecule has 0 saturated carbocycles. The fourth-order valence-electron chi connectivity index (χ4n) is 4.97. The molecule has 0 radical (unpaired) electrons. The molecule has 1 amide bonds. The lowest BCUT2D eigenvalue weighted by molar-refractivity contribution is -0.173. The number of para-hydroxylation sites is 1. The minimum atomic E-state index is -4.62. The number of rotatable bonds is 4. The van der Waals surface area contributed by atoms with E-state index in [4.69, 9.17) is 9.47 Å². The van der Waals surface area contributed by atoms with Crippen molar-refractivity contribution in [2.75, 3.05) is 17.4 Å². The zero-order valence-corrected chi connectivity index (χ0v) is 20.8. The van der Waals surface area contributed by atoms with Gasteiger partial charge in [-0.15, -0.1) is 0 Å². The molecule has 2 aromatic carbocycles. The Morgan fingerprint density at radius 1 is 1.13 bits per heavy atom. The quantitative estimate of drug-likeness (QED) is 0.400. The smallest absolute Gasteiger partial charge is 0.410 e. The van der Waals surface area contributed by atoms with E-state index in [1.54, 1.807) is 61.1 Å². The van der Waals surface area contributed by atoms with Crippen LogP contribution in [-0.2, 0) is 7.05 Å². The molecule has 0 fully saturated rings. The number of carbonyl (C=O) groups excluding carboxylic acids is 1. The van der Waals surface area contributed by atoms with Gasteiger partial charge in [-0.05, 0) is 36.8 Å². The molecular formula is C26H23F3N6O4. The van der Waals surface area contributed by atoms with Gasteiger partial charge in [0.25, 0.3) is 11.5 Å². The summed E-state index contributed by atoms with van der Waals surface area (Å²) in [6, 6.07) is 11.0. The molecule has 0 saturated heterocycles. The molecule has 0 aliphatic carbocycles. The van der Waals surface area contributed by atoms with Crippen LogP contribution >= 0.6 is 0 Å². The van der Waals surface area contributed by atoms with E-state index in [0.717, 1.165) is 10.9 Å². The van der Waals surface area contributed by atoms with E-state index < -0.39 is 29.7 Å². The van der Waals surface area contributed by atoms with Crippen LogP contribution in [0.15, 0.2) is 59.5 Å². The predicted molar refractivity (Wildman–Crippen MR) is 135 cm³/mol. The van der Waals surface area contributed by atoms with E-state index in [-0.39, 0.29) is 30.3 Å². The van der Waals surface area contributed by atoms with Crippen molar-refractivity contribution in [3.63, 3.8) is 0 Å². The average Bonchev–Trinajstić information content (AvgIpc) is 3.61. The molecule has 2 aliphatic heterocycles. The highest BCUT2D eigenvalue weighted by molar-refractivity contribution is 6.07. The summed E-state index contributed by atoms with van der Waals surface area (Å²) in [7, 11) is 1.67. The third-order valence-electron chi connectivity index (χ3n) is 7.07. The zero-order valence-electron chi connectivity index (χ0n) is 20.8. The molecule has 2 aromatic heterocycles. The second-order valence-corrected chi connectivity index (χ2v) is 9.34. The lowest BCUT2D eigenvalue weighted by Gasteiger charge is -2.34. The van der Waals surface area contributed by atoms with Gasteiger partial charge in [0, 0.05) is 13.5 Å². The van der Waals surface area contributed by atoms with Crippen molar-refractivity contribution in [1.82, 2.24) is 19.1 Å². The third-order valence-corrected chi connectivity index (χ3v) is 7.07. The molecule has 0 spiro atoms. The number of hydrogen-bond acceptors (Lipinski definition) is 6. The van der Waals surface area contributed by atoms with Crippen LogP contribution in [0.5, 0.6) is 11.5 Å². The molecular weight excluding hydrogens is 517 g/mol. The number of carbonyl (C=O) groups is 1. The molecule has 2 atom stereocenters. The number of hydrogen-bond donors (Lipinski definition) is 2. The Kier molecular flexibility index (Phi) is 5.66. The lowest BCUT2D eigenvalue weighted by atomic mass is 9.96. The van der Waals surface area contributed by atoms with Gasteiger partial charge < -0.3 is 20.1 Å². The topological polar surface area (TPSA) is 104 Å². The number of alkyl halides is 3. The first-order valence-electron chi connectivity index (χ1n) is 12.1. The van der Waals surface area contributed by atoms with Crippen LogP contribution in [0, 0.1) is 6.92 Å². The van der Waals surface area contributed by atoms with Gasteiger partial charge in [-0.3, -0.25) is 14.3 Å². The first-order chi connectivity index (χ1) is 18.6. The van der Waals surface area contributed by atoms with Gasteiger partial charge in [0.1, 0.15) is 17.1 Å². The van der Waals surface area contributed by atoms with E-state index in [9.17, 15) is 22.8 Å². The molecule has 0 unspecified atom stereocenters. The fourth-order valence-corrected chi connectivity index (χ4v) is 4.97. The first kappa shape index (κ1) is 24.6. The Hall–Kier alpha value is -4.68. The van der Waals surface area contributed by atoms with Crippen molar-refractivity contribution in [2.24, 2.45) is 7.05 Å². The molecule has 4 heterocycles. The molecule has 2 N–H and O–H groups in total. The largest absolute Gasteiger partial charge is 0.454 e. The Bertz CT molecular complexity index is 1640. The van der Waals surface area contributed by atoms with Crippen LogP contribution in [-0.4, -0.2) is 38.0 Å². The van der Waals surface area contributed by atoms with Crippen LogP contribution in [0.4, 0.5) is 24.7 Å². The van der Waals surface area contributed by atoms with Crippen LogP contribution in [0.25, 0.3) is 5.69 Å². The molecule has 0 bridgehead atoms. The van der Waals surface area contributed by atoms with Crippen LogP contribution in [0.2, 0.25) is 0 Å². The number of amides is 1. The maximum atomic E-state index is 14.1. The highest BCUT2D eigenvalue weighted by Gasteiger charge is 2.47. The van der Waals surface area contributed by atoms with Crippen molar-refractivity contribution in [1.29, 1.82) is 0 Å². The summed E-state index contributed by atoms with van der Waals surface area (Å²) >= 11 is 0. The number of benzene rings is 2. The monoisotopic (exact) mass is 540 g/mol. The highest BCUT2D eigenvalue weighted by atomic mass is 19.4. The molecule has 10 nitrogen and oxygen atoms in total. The highest BCUT2D eigenvalue weighted by Crippen LogP contribution is 2.45.